The average molecular weight is 400 g/mol. The van der Waals surface area contributed by atoms with Gasteiger partial charge in [-0.05, 0) is 55.0 Å². The van der Waals surface area contributed by atoms with Crippen LogP contribution in [0.15, 0.2) is 48.5 Å². The summed E-state index contributed by atoms with van der Waals surface area (Å²) in [5, 5.41) is 12.2. The number of nitrogens with zero attached hydrogens (tertiary/aromatic N) is 1. The van der Waals surface area contributed by atoms with Crippen LogP contribution in [0.1, 0.15) is 16.8 Å². The van der Waals surface area contributed by atoms with Gasteiger partial charge < -0.3 is 24.6 Å². The van der Waals surface area contributed by atoms with E-state index >= 15 is 0 Å². The fourth-order valence-electron chi connectivity index (χ4n) is 2.98. The molecule has 0 unspecified atom stereocenters. The number of nitrogens with one attached hydrogen (secondary N) is 1. The Hall–Kier alpha value is -2.77. The summed E-state index contributed by atoms with van der Waals surface area (Å²) in [7, 11) is 0. The van der Waals surface area contributed by atoms with Gasteiger partial charge in [0.05, 0.1) is 25.4 Å². The number of hydrogen-bond donors (Lipinski definition) is 2. The zero-order chi connectivity index (χ0) is 20.3. The predicted molar refractivity (Wildman–Crippen MR) is 111 cm³/mol. The lowest BCUT2D eigenvalue weighted by molar-refractivity contribution is 0.0322. The Morgan fingerprint density at radius 3 is 2.24 bits per heavy atom. The average Bonchev–Trinajstić information content (AvgIpc) is 2.76. The van der Waals surface area contributed by atoms with E-state index in [-0.39, 0.29) is 5.56 Å². The summed E-state index contributed by atoms with van der Waals surface area (Å²) >= 11 is 0. The predicted octanol–water partition coefficient (Wildman–Crippen LogP) is 2.98. The molecule has 1 heterocycles. The fraction of sp³-hybridized carbons (Fsp3) is 0.409. The number of carboxylic acid groups (broad SMARTS) is 1. The molecule has 156 valence electrons. The molecule has 2 N–H and O–H groups in total. The van der Waals surface area contributed by atoms with Crippen LogP contribution in [0.3, 0.4) is 0 Å². The van der Waals surface area contributed by atoms with Gasteiger partial charge in [-0.15, -0.1) is 0 Å². The lowest BCUT2D eigenvalue weighted by Gasteiger charge is -2.26. The maximum atomic E-state index is 10.8. The molecule has 1 saturated heterocycles. The zero-order valence-corrected chi connectivity index (χ0v) is 16.5. The summed E-state index contributed by atoms with van der Waals surface area (Å²) < 4.78 is 16.8. The molecule has 2 aromatic rings. The smallest absolute Gasteiger partial charge is 0.335 e. The number of ether oxygens (including phenoxy) is 3. The summed E-state index contributed by atoms with van der Waals surface area (Å²) in [6.07, 6.45) is 0.832. The number of hydrogen-bond acceptors (Lipinski definition) is 6. The van der Waals surface area contributed by atoms with E-state index in [0.717, 1.165) is 57.3 Å². The quantitative estimate of drug-likeness (QED) is 0.561. The summed E-state index contributed by atoms with van der Waals surface area (Å²) in [6.45, 7) is 6.50. The van der Waals surface area contributed by atoms with Gasteiger partial charge in [0.15, 0.2) is 0 Å². The van der Waals surface area contributed by atoms with Gasteiger partial charge in [0.1, 0.15) is 18.1 Å². The van der Waals surface area contributed by atoms with Crippen LogP contribution in [0.25, 0.3) is 0 Å². The summed E-state index contributed by atoms with van der Waals surface area (Å²) in [5.74, 6) is 0.611. The molecule has 3 rings (SSSR count). The van der Waals surface area contributed by atoms with Crippen molar-refractivity contribution in [3.05, 3.63) is 54.1 Å². The van der Waals surface area contributed by atoms with Crippen LogP contribution < -0.4 is 14.8 Å². The van der Waals surface area contributed by atoms with Crippen molar-refractivity contribution in [3.8, 4) is 11.5 Å². The molecule has 0 aliphatic carbocycles. The van der Waals surface area contributed by atoms with Crippen molar-refractivity contribution in [2.75, 3.05) is 57.9 Å². The van der Waals surface area contributed by atoms with E-state index < -0.39 is 5.97 Å². The number of morpholine rings is 1. The molecule has 0 aromatic heterocycles. The molecule has 1 aliphatic heterocycles. The van der Waals surface area contributed by atoms with Gasteiger partial charge in [-0.3, -0.25) is 4.90 Å². The Bertz CT molecular complexity index is 743. The largest absolute Gasteiger partial charge is 0.494 e. The van der Waals surface area contributed by atoms with Gasteiger partial charge in [0, 0.05) is 31.9 Å². The van der Waals surface area contributed by atoms with E-state index in [4.69, 9.17) is 19.3 Å². The monoisotopic (exact) mass is 400 g/mol. The third-order valence-electron chi connectivity index (χ3n) is 4.65. The van der Waals surface area contributed by atoms with Crippen molar-refractivity contribution < 1.29 is 24.1 Å². The molecule has 0 spiro atoms. The van der Waals surface area contributed by atoms with Gasteiger partial charge in [0.25, 0.3) is 0 Å². The van der Waals surface area contributed by atoms with E-state index in [1.807, 2.05) is 24.3 Å². The third kappa shape index (κ3) is 7.29. The molecule has 1 aliphatic rings. The van der Waals surface area contributed by atoms with Crippen LogP contribution in [0, 0.1) is 0 Å². The Morgan fingerprint density at radius 2 is 1.59 bits per heavy atom. The molecule has 1 fully saturated rings. The highest BCUT2D eigenvalue weighted by Gasteiger charge is 2.09. The number of anilines is 1. The maximum absolute atomic E-state index is 10.8. The Labute approximate surface area is 171 Å². The Kier molecular flexibility index (Phi) is 8.15. The van der Waals surface area contributed by atoms with E-state index in [1.165, 1.54) is 0 Å². The molecule has 0 radical (unpaired) electrons. The first-order valence-corrected chi connectivity index (χ1v) is 9.94. The number of carbonyl (C=O) groups is 1. The first-order chi connectivity index (χ1) is 14.2. The van der Waals surface area contributed by atoms with Crippen molar-refractivity contribution >= 4 is 11.7 Å². The summed E-state index contributed by atoms with van der Waals surface area (Å²) in [6, 6.07) is 14.4. The highest BCUT2D eigenvalue weighted by Crippen LogP contribution is 2.16. The minimum Gasteiger partial charge on any atom is -0.494 e. The Morgan fingerprint density at radius 1 is 0.966 bits per heavy atom. The lowest BCUT2D eigenvalue weighted by Crippen LogP contribution is -2.38. The van der Waals surface area contributed by atoms with Crippen molar-refractivity contribution in [2.45, 2.75) is 6.42 Å². The highest BCUT2D eigenvalue weighted by atomic mass is 16.5. The van der Waals surface area contributed by atoms with Crippen LogP contribution in [0.2, 0.25) is 0 Å². The SMILES string of the molecule is O=C(O)c1ccc(OCCCNc2ccc(OCCN3CCOCC3)cc2)cc1. The second kappa shape index (κ2) is 11.3. The standard InChI is InChI=1S/C22H28N2O5/c25-22(26)18-2-6-20(7-3-18)28-14-1-10-23-19-4-8-21(9-5-19)29-17-13-24-11-15-27-16-12-24/h2-9,23H,1,10-17H2,(H,25,26). The number of benzene rings is 2. The van der Waals surface area contributed by atoms with Gasteiger partial charge in [0.2, 0.25) is 0 Å². The van der Waals surface area contributed by atoms with Crippen molar-refractivity contribution in [3.63, 3.8) is 0 Å². The van der Waals surface area contributed by atoms with Gasteiger partial charge in [-0.1, -0.05) is 0 Å². The second-order valence-corrected chi connectivity index (χ2v) is 6.79. The topological polar surface area (TPSA) is 80.3 Å². The molecular formula is C22H28N2O5. The summed E-state index contributed by atoms with van der Waals surface area (Å²) in [4.78, 5) is 13.2. The zero-order valence-electron chi connectivity index (χ0n) is 16.5. The lowest BCUT2D eigenvalue weighted by atomic mass is 10.2. The minimum atomic E-state index is -0.936. The molecule has 0 saturated carbocycles. The van der Waals surface area contributed by atoms with Crippen LogP contribution in [0.4, 0.5) is 5.69 Å². The second-order valence-electron chi connectivity index (χ2n) is 6.79. The molecule has 2 aromatic carbocycles. The first-order valence-electron chi connectivity index (χ1n) is 9.94. The van der Waals surface area contributed by atoms with Gasteiger partial charge >= 0.3 is 5.97 Å². The van der Waals surface area contributed by atoms with E-state index in [1.54, 1.807) is 24.3 Å². The third-order valence-corrected chi connectivity index (χ3v) is 4.65. The summed E-state index contributed by atoms with van der Waals surface area (Å²) in [5.41, 5.74) is 1.30. The molecule has 0 bridgehead atoms. The molecule has 0 atom stereocenters. The van der Waals surface area contributed by atoms with Crippen LogP contribution in [0.5, 0.6) is 11.5 Å². The number of carboxylic acids is 1. The molecule has 29 heavy (non-hydrogen) atoms. The minimum absolute atomic E-state index is 0.257. The normalized spacial score (nSPS) is 14.3. The van der Waals surface area contributed by atoms with E-state index in [0.29, 0.717) is 19.0 Å². The van der Waals surface area contributed by atoms with Crippen LogP contribution >= 0.6 is 0 Å². The van der Waals surface area contributed by atoms with Crippen LogP contribution in [-0.4, -0.2) is 68.6 Å². The van der Waals surface area contributed by atoms with Gasteiger partial charge in [-0.2, -0.15) is 0 Å². The van der Waals surface area contributed by atoms with Crippen molar-refractivity contribution in [1.29, 1.82) is 0 Å². The fourth-order valence-corrected chi connectivity index (χ4v) is 2.98. The first kappa shape index (κ1) is 21.0. The van der Waals surface area contributed by atoms with E-state index in [2.05, 4.69) is 10.2 Å². The van der Waals surface area contributed by atoms with Gasteiger partial charge in [-0.25, -0.2) is 4.79 Å². The number of aromatic carboxylic acids is 1. The van der Waals surface area contributed by atoms with Crippen molar-refractivity contribution in [1.82, 2.24) is 4.90 Å². The molecule has 7 heteroatoms. The van der Waals surface area contributed by atoms with Crippen molar-refractivity contribution in [2.24, 2.45) is 0 Å². The highest BCUT2D eigenvalue weighted by molar-refractivity contribution is 5.87. The Balaban J connectivity index is 1.28. The molecular weight excluding hydrogens is 372 g/mol. The maximum Gasteiger partial charge on any atom is 0.335 e. The number of rotatable bonds is 11. The molecule has 7 nitrogen and oxygen atoms in total. The van der Waals surface area contributed by atoms with Crippen LogP contribution in [-0.2, 0) is 4.74 Å². The molecule has 0 amide bonds. The van der Waals surface area contributed by atoms with E-state index in [9.17, 15) is 4.79 Å².